The Morgan fingerprint density at radius 3 is 1.76 bits per heavy atom. The van der Waals surface area contributed by atoms with E-state index in [1.807, 2.05) is 4.72 Å². The van der Waals surface area contributed by atoms with Gasteiger partial charge in [0.15, 0.2) is 0 Å². The SMILES string of the molecule is CCCCCCCCCCCCCC/C=C/S(=O)(=O)NCC(=O)[O-].[Na+]. The van der Waals surface area contributed by atoms with E-state index in [9.17, 15) is 18.3 Å². The van der Waals surface area contributed by atoms with Crippen molar-refractivity contribution in [2.45, 2.75) is 90.4 Å². The molecule has 0 fully saturated rings. The second-order valence-corrected chi connectivity index (χ2v) is 7.94. The van der Waals surface area contributed by atoms with Crippen LogP contribution in [0.2, 0.25) is 0 Å². The van der Waals surface area contributed by atoms with Crippen LogP contribution in [0.3, 0.4) is 0 Å². The Balaban J connectivity index is 0. The van der Waals surface area contributed by atoms with Crippen molar-refractivity contribution < 1.29 is 47.9 Å². The molecule has 1 N–H and O–H groups in total. The molecule has 0 radical (unpaired) electrons. The van der Waals surface area contributed by atoms with Gasteiger partial charge in [-0.05, 0) is 12.8 Å². The minimum Gasteiger partial charge on any atom is -0.549 e. The molecule has 0 rings (SSSR count). The molecule has 0 aromatic carbocycles. The maximum Gasteiger partial charge on any atom is 1.00 e. The van der Waals surface area contributed by atoms with Gasteiger partial charge in [0.25, 0.3) is 0 Å². The van der Waals surface area contributed by atoms with E-state index >= 15 is 0 Å². The van der Waals surface area contributed by atoms with Crippen molar-refractivity contribution in [2.75, 3.05) is 6.54 Å². The van der Waals surface area contributed by atoms with E-state index in [2.05, 4.69) is 6.92 Å². The summed E-state index contributed by atoms with van der Waals surface area (Å²) >= 11 is 0. The van der Waals surface area contributed by atoms with E-state index in [4.69, 9.17) is 0 Å². The maximum atomic E-state index is 11.4. The van der Waals surface area contributed by atoms with Crippen LogP contribution in [-0.4, -0.2) is 20.9 Å². The van der Waals surface area contributed by atoms with Gasteiger partial charge in [0.05, 0.1) is 12.5 Å². The summed E-state index contributed by atoms with van der Waals surface area (Å²) in [5.41, 5.74) is 0. The van der Waals surface area contributed by atoms with Crippen LogP contribution in [0.15, 0.2) is 11.5 Å². The van der Waals surface area contributed by atoms with Crippen LogP contribution < -0.4 is 39.4 Å². The van der Waals surface area contributed by atoms with Gasteiger partial charge < -0.3 is 9.90 Å². The molecule has 0 aliphatic rings. The molecular formula is C18H34NNaO4S. The van der Waals surface area contributed by atoms with Crippen molar-refractivity contribution in [3.8, 4) is 0 Å². The third-order valence-electron chi connectivity index (χ3n) is 3.92. The van der Waals surface area contributed by atoms with Crippen LogP contribution in [0.5, 0.6) is 0 Å². The smallest absolute Gasteiger partial charge is 0.549 e. The number of aliphatic carboxylic acids is 1. The van der Waals surface area contributed by atoms with Gasteiger partial charge >= 0.3 is 29.6 Å². The molecule has 142 valence electrons. The molecule has 0 saturated carbocycles. The van der Waals surface area contributed by atoms with Gasteiger partial charge in [0.2, 0.25) is 10.0 Å². The summed E-state index contributed by atoms with van der Waals surface area (Å²) in [5, 5.41) is 11.2. The van der Waals surface area contributed by atoms with E-state index in [-0.39, 0.29) is 29.6 Å². The first-order valence-corrected chi connectivity index (χ1v) is 10.9. The van der Waals surface area contributed by atoms with Gasteiger partial charge in [-0.1, -0.05) is 83.6 Å². The minimum atomic E-state index is -3.64. The minimum absolute atomic E-state index is 0. The maximum absolute atomic E-state index is 11.4. The number of carbonyl (C=O) groups is 1. The first-order valence-electron chi connectivity index (χ1n) is 9.34. The zero-order valence-corrected chi connectivity index (χ0v) is 18.9. The largest absolute Gasteiger partial charge is 1.00 e. The van der Waals surface area contributed by atoms with Gasteiger partial charge in [-0.15, -0.1) is 0 Å². The predicted molar refractivity (Wildman–Crippen MR) is 96.8 cm³/mol. The summed E-state index contributed by atoms with van der Waals surface area (Å²) in [6.45, 7) is 1.55. The molecule has 0 spiro atoms. The van der Waals surface area contributed by atoms with Crippen molar-refractivity contribution in [1.82, 2.24) is 4.72 Å². The standard InChI is InChI=1S/C18H35NO4S.Na/c1-2-3-4-5-6-7-8-9-10-11-12-13-14-15-16-24(22,23)19-17-18(20)21;/h15-16,19H,2-14,17H2,1H3,(H,20,21);/q;+1/p-1/b16-15+;. The first-order chi connectivity index (χ1) is 11.5. The topological polar surface area (TPSA) is 86.3 Å². The monoisotopic (exact) mass is 383 g/mol. The average Bonchev–Trinajstić information content (AvgIpc) is 2.53. The molecule has 0 amide bonds. The summed E-state index contributed by atoms with van der Waals surface area (Å²) in [7, 11) is -3.64. The number of carboxylic acids is 1. The first kappa shape index (κ1) is 27.3. The molecule has 0 bridgehead atoms. The fraction of sp³-hybridized carbons (Fsp3) is 0.833. The number of nitrogens with one attached hydrogen (secondary N) is 1. The molecule has 5 nitrogen and oxygen atoms in total. The Hall–Kier alpha value is 0.120. The Labute approximate surface area is 176 Å². The third kappa shape index (κ3) is 22.1. The van der Waals surface area contributed by atoms with Crippen molar-refractivity contribution in [1.29, 1.82) is 0 Å². The van der Waals surface area contributed by atoms with Crippen molar-refractivity contribution >= 4 is 16.0 Å². The summed E-state index contributed by atoms with van der Waals surface area (Å²) in [4.78, 5) is 10.2. The molecule has 0 saturated heterocycles. The number of hydrogen-bond acceptors (Lipinski definition) is 4. The molecule has 7 heteroatoms. The summed E-state index contributed by atoms with van der Waals surface area (Å²) < 4.78 is 24.7. The summed E-state index contributed by atoms with van der Waals surface area (Å²) in [6, 6.07) is 0. The second kappa shape index (κ2) is 18.9. The van der Waals surface area contributed by atoms with Crippen molar-refractivity contribution in [2.24, 2.45) is 0 Å². The van der Waals surface area contributed by atoms with E-state index in [0.717, 1.165) is 18.2 Å². The van der Waals surface area contributed by atoms with Crippen LogP contribution in [0, 0.1) is 0 Å². The third-order valence-corrected chi connectivity index (χ3v) is 5.01. The summed E-state index contributed by atoms with van der Waals surface area (Å²) in [6.07, 6.45) is 17.6. The second-order valence-electron chi connectivity index (χ2n) is 6.29. The molecule has 0 aliphatic heterocycles. The zero-order valence-electron chi connectivity index (χ0n) is 16.1. The number of unbranched alkanes of at least 4 members (excludes halogenated alkanes) is 12. The number of rotatable bonds is 17. The van der Waals surface area contributed by atoms with Gasteiger partial charge in [0.1, 0.15) is 0 Å². The van der Waals surface area contributed by atoms with Gasteiger partial charge in [-0.3, -0.25) is 0 Å². The normalized spacial score (nSPS) is 11.6. The van der Waals surface area contributed by atoms with E-state index < -0.39 is 22.5 Å². The Kier molecular flexibility index (Phi) is 20.7. The van der Waals surface area contributed by atoms with Crippen LogP contribution in [0.1, 0.15) is 90.4 Å². The van der Waals surface area contributed by atoms with E-state index in [1.54, 1.807) is 6.08 Å². The van der Waals surface area contributed by atoms with Crippen LogP contribution in [0.25, 0.3) is 0 Å². The quantitative estimate of drug-likeness (QED) is 0.288. The van der Waals surface area contributed by atoms with Gasteiger partial charge in [-0.25, -0.2) is 13.1 Å². The molecule has 0 aromatic heterocycles. The average molecular weight is 384 g/mol. The van der Waals surface area contributed by atoms with Crippen LogP contribution in [-0.2, 0) is 14.8 Å². The van der Waals surface area contributed by atoms with E-state index in [1.165, 1.54) is 64.2 Å². The van der Waals surface area contributed by atoms with Gasteiger partial charge in [-0.2, -0.15) is 0 Å². The molecule has 0 aromatic rings. The molecular weight excluding hydrogens is 349 g/mol. The zero-order chi connectivity index (χ0) is 18.1. The summed E-state index contributed by atoms with van der Waals surface area (Å²) in [5.74, 6) is -1.44. The Bertz CT molecular complexity index is 438. The molecule has 0 heterocycles. The number of allylic oxidation sites excluding steroid dienone is 1. The van der Waals surface area contributed by atoms with Crippen molar-refractivity contribution in [3.63, 3.8) is 0 Å². The number of carboxylic acid groups (broad SMARTS) is 1. The van der Waals surface area contributed by atoms with Crippen LogP contribution >= 0.6 is 0 Å². The predicted octanol–water partition coefficient (Wildman–Crippen LogP) is 0.265. The Morgan fingerprint density at radius 1 is 0.880 bits per heavy atom. The van der Waals surface area contributed by atoms with E-state index in [0.29, 0.717) is 6.42 Å². The Morgan fingerprint density at radius 2 is 1.32 bits per heavy atom. The number of carbonyl (C=O) groups excluding carboxylic acids is 1. The molecule has 25 heavy (non-hydrogen) atoms. The number of sulfonamides is 1. The molecule has 0 atom stereocenters. The van der Waals surface area contributed by atoms with Crippen LogP contribution in [0.4, 0.5) is 0 Å². The van der Waals surface area contributed by atoms with Gasteiger partial charge in [0, 0.05) is 5.41 Å². The van der Waals surface area contributed by atoms with Crippen molar-refractivity contribution in [3.05, 3.63) is 11.5 Å². The fourth-order valence-electron chi connectivity index (χ4n) is 2.51. The fourth-order valence-corrected chi connectivity index (χ4v) is 3.31. The molecule has 0 unspecified atom stereocenters. The number of hydrogen-bond donors (Lipinski definition) is 1. The molecule has 0 aliphatic carbocycles.